The van der Waals surface area contributed by atoms with E-state index in [-0.39, 0.29) is 11.5 Å². The van der Waals surface area contributed by atoms with Crippen LogP contribution in [-0.2, 0) is 0 Å². The number of hydrogen-bond donors (Lipinski definition) is 1. The van der Waals surface area contributed by atoms with E-state index in [9.17, 15) is 8.78 Å². The van der Waals surface area contributed by atoms with Crippen molar-refractivity contribution in [3.8, 4) is 22.6 Å². The molecule has 0 saturated heterocycles. The third kappa shape index (κ3) is 1.32. The minimum atomic E-state index is -3.57. The molecule has 0 spiro atoms. The molecule has 3 nitrogen and oxygen atoms in total. The molecule has 3 rings (SSSR count). The van der Waals surface area contributed by atoms with Gasteiger partial charge in [0.25, 0.3) is 0 Å². The normalized spacial score (nSPS) is 16.4. The number of ether oxygens (including phenoxy) is 2. The minimum Gasteiger partial charge on any atom is -0.395 e. The van der Waals surface area contributed by atoms with Crippen LogP contribution in [0.25, 0.3) is 11.1 Å². The summed E-state index contributed by atoms with van der Waals surface area (Å²) in [6.45, 7) is 0. The Hall–Kier alpha value is -2.04. The highest BCUT2D eigenvalue weighted by molar-refractivity contribution is 5.74. The molecule has 1 aliphatic rings. The standard InChI is InChI=1S/C11H7F2NO2/c12-11(13)15-9-3-1-2-8(10(9)16-11)7-4-5-14-6-7/h1-6,14H. The quantitative estimate of drug-likeness (QED) is 0.806. The third-order valence-corrected chi connectivity index (χ3v) is 2.34. The molecule has 1 aromatic heterocycles. The highest BCUT2D eigenvalue weighted by Gasteiger charge is 2.44. The fourth-order valence-corrected chi connectivity index (χ4v) is 1.69. The van der Waals surface area contributed by atoms with E-state index in [0.717, 1.165) is 5.56 Å². The molecule has 2 heterocycles. The number of alkyl halides is 2. The van der Waals surface area contributed by atoms with E-state index in [0.29, 0.717) is 5.56 Å². The monoisotopic (exact) mass is 223 g/mol. The first-order valence-corrected chi connectivity index (χ1v) is 4.68. The number of benzene rings is 1. The van der Waals surface area contributed by atoms with Gasteiger partial charge in [-0.05, 0) is 12.1 Å². The van der Waals surface area contributed by atoms with Gasteiger partial charge in [0.05, 0.1) is 0 Å². The second kappa shape index (κ2) is 2.98. The molecule has 1 aromatic carbocycles. The Balaban J connectivity index is 2.14. The minimum absolute atomic E-state index is 0.0590. The number of fused-ring (bicyclic) bond motifs is 1. The lowest BCUT2D eigenvalue weighted by atomic mass is 10.1. The van der Waals surface area contributed by atoms with E-state index >= 15 is 0 Å². The Morgan fingerprint density at radius 1 is 1.12 bits per heavy atom. The summed E-state index contributed by atoms with van der Waals surface area (Å²) in [6.07, 6.45) is -0.160. The maximum Gasteiger partial charge on any atom is 0.586 e. The number of hydrogen-bond acceptors (Lipinski definition) is 2. The van der Waals surface area contributed by atoms with Crippen molar-refractivity contribution in [2.24, 2.45) is 0 Å². The van der Waals surface area contributed by atoms with Crippen LogP contribution in [0.4, 0.5) is 8.78 Å². The highest BCUT2D eigenvalue weighted by Crippen LogP contribution is 2.46. The lowest BCUT2D eigenvalue weighted by Gasteiger charge is -2.05. The van der Waals surface area contributed by atoms with Crippen molar-refractivity contribution in [3.63, 3.8) is 0 Å². The smallest absolute Gasteiger partial charge is 0.395 e. The molecule has 0 fully saturated rings. The van der Waals surface area contributed by atoms with Crippen LogP contribution in [0.1, 0.15) is 0 Å². The molecule has 2 aromatic rings. The molecule has 5 heteroatoms. The third-order valence-electron chi connectivity index (χ3n) is 2.34. The number of para-hydroxylation sites is 1. The summed E-state index contributed by atoms with van der Waals surface area (Å²) < 4.78 is 34.7. The molecular formula is C11H7F2NO2. The first-order valence-electron chi connectivity index (χ1n) is 4.68. The molecular weight excluding hydrogens is 216 g/mol. The van der Waals surface area contributed by atoms with Gasteiger partial charge < -0.3 is 14.5 Å². The number of aromatic nitrogens is 1. The second-order valence-electron chi connectivity index (χ2n) is 3.40. The zero-order chi connectivity index (χ0) is 11.2. The van der Waals surface area contributed by atoms with Crippen LogP contribution in [0.5, 0.6) is 11.5 Å². The molecule has 0 unspecified atom stereocenters. The van der Waals surface area contributed by atoms with Crippen molar-refractivity contribution in [1.82, 2.24) is 4.98 Å². The SMILES string of the molecule is FC1(F)Oc2cccc(-c3cc[nH]c3)c2O1. The Morgan fingerprint density at radius 2 is 2.00 bits per heavy atom. The molecule has 0 saturated carbocycles. The van der Waals surface area contributed by atoms with Crippen molar-refractivity contribution >= 4 is 0 Å². The van der Waals surface area contributed by atoms with E-state index < -0.39 is 6.29 Å². The van der Waals surface area contributed by atoms with Crippen molar-refractivity contribution < 1.29 is 18.3 Å². The largest absolute Gasteiger partial charge is 0.586 e. The summed E-state index contributed by atoms with van der Waals surface area (Å²) >= 11 is 0. The van der Waals surface area contributed by atoms with E-state index in [1.54, 1.807) is 30.6 Å². The molecule has 82 valence electrons. The first kappa shape index (κ1) is 9.21. The Labute approximate surface area is 89.6 Å². The lowest BCUT2D eigenvalue weighted by molar-refractivity contribution is -0.286. The molecule has 0 radical (unpaired) electrons. The number of H-pyrrole nitrogens is 1. The van der Waals surface area contributed by atoms with Crippen molar-refractivity contribution in [2.45, 2.75) is 6.29 Å². The van der Waals surface area contributed by atoms with Gasteiger partial charge in [-0.3, -0.25) is 0 Å². The molecule has 0 amide bonds. The molecule has 0 aliphatic carbocycles. The van der Waals surface area contributed by atoms with Gasteiger partial charge in [-0.15, -0.1) is 8.78 Å². The summed E-state index contributed by atoms with van der Waals surface area (Å²) in [5, 5.41) is 0. The molecule has 1 N–H and O–H groups in total. The summed E-state index contributed by atoms with van der Waals surface area (Å²) in [5.74, 6) is 0.135. The van der Waals surface area contributed by atoms with Gasteiger partial charge in [-0.2, -0.15) is 0 Å². The van der Waals surface area contributed by atoms with Gasteiger partial charge in [0.2, 0.25) is 0 Å². The van der Waals surface area contributed by atoms with Crippen LogP contribution < -0.4 is 9.47 Å². The maximum absolute atomic E-state index is 12.9. The van der Waals surface area contributed by atoms with Crippen LogP contribution in [-0.4, -0.2) is 11.3 Å². The Bertz CT molecular complexity index is 523. The number of nitrogens with one attached hydrogen (secondary N) is 1. The first-order chi connectivity index (χ1) is 7.66. The van der Waals surface area contributed by atoms with Gasteiger partial charge in [-0.1, -0.05) is 12.1 Å². The fourth-order valence-electron chi connectivity index (χ4n) is 1.69. The van der Waals surface area contributed by atoms with Gasteiger partial charge in [-0.25, -0.2) is 0 Å². The summed E-state index contributed by atoms with van der Waals surface area (Å²) in [5.41, 5.74) is 1.36. The number of halogens is 2. The Morgan fingerprint density at radius 3 is 2.75 bits per heavy atom. The zero-order valence-corrected chi connectivity index (χ0v) is 8.04. The maximum atomic E-state index is 12.9. The summed E-state index contributed by atoms with van der Waals surface area (Å²) in [6, 6.07) is 6.57. The summed E-state index contributed by atoms with van der Waals surface area (Å²) in [7, 11) is 0. The number of rotatable bonds is 1. The van der Waals surface area contributed by atoms with Crippen LogP contribution in [0.15, 0.2) is 36.7 Å². The predicted molar refractivity (Wildman–Crippen MR) is 52.4 cm³/mol. The van der Waals surface area contributed by atoms with E-state index in [1.807, 2.05) is 0 Å². The topological polar surface area (TPSA) is 34.2 Å². The van der Waals surface area contributed by atoms with Gasteiger partial charge in [0.15, 0.2) is 11.5 Å². The fraction of sp³-hybridized carbons (Fsp3) is 0.0909. The van der Waals surface area contributed by atoms with Gasteiger partial charge in [0.1, 0.15) is 0 Å². The highest BCUT2D eigenvalue weighted by atomic mass is 19.3. The van der Waals surface area contributed by atoms with Crippen LogP contribution in [0.2, 0.25) is 0 Å². The average molecular weight is 223 g/mol. The molecule has 16 heavy (non-hydrogen) atoms. The second-order valence-corrected chi connectivity index (χ2v) is 3.40. The van der Waals surface area contributed by atoms with Crippen molar-refractivity contribution in [1.29, 1.82) is 0 Å². The zero-order valence-electron chi connectivity index (χ0n) is 8.04. The lowest BCUT2D eigenvalue weighted by Crippen LogP contribution is -2.26. The number of aromatic amines is 1. The molecule has 1 aliphatic heterocycles. The van der Waals surface area contributed by atoms with E-state index in [2.05, 4.69) is 14.5 Å². The average Bonchev–Trinajstić information content (AvgIpc) is 2.80. The van der Waals surface area contributed by atoms with Crippen LogP contribution >= 0.6 is 0 Å². The van der Waals surface area contributed by atoms with Crippen molar-refractivity contribution in [3.05, 3.63) is 36.7 Å². The van der Waals surface area contributed by atoms with Crippen LogP contribution in [0.3, 0.4) is 0 Å². The molecule has 0 atom stereocenters. The van der Waals surface area contributed by atoms with Crippen molar-refractivity contribution in [2.75, 3.05) is 0 Å². The van der Waals surface area contributed by atoms with Gasteiger partial charge in [0, 0.05) is 23.5 Å². The van der Waals surface area contributed by atoms with E-state index in [4.69, 9.17) is 0 Å². The summed E-state index contributed by atoms with van der Waals surface area (Å²) in [4.78, 5) is 2.86. The van der Waals surface area contributed by atoms with E-state index in [1.165, 1.54) is 6.07 Å². The predicted octanol–water partition coefficient (Wildman–Crippen LogP) is 3.00. The molecule has 0 bridgehead atoms. The van der Waals surface area contributed by atoms with Gasteiger partial charge >= 0.3 is 6.29 Å². The van der Waals surface area contributed by atoms with Crippen LogP contribution in [0, 0.1) is 0 Å². The Kier molecular flexibility index (Phi) is 1.71.